The topological polar surface area (TPSA) is 71.5 Å². The van der Waals surface area contributed by atoms with Crippen molar-refractivity contribution in [3.05, 3.63) is 84.4 Å². The van der Waals surface area contributed by atoms with E-state index in [9.17, 15) is 5.11 Å². The van der Waals surface area contributed by atoms with E-state index in [1.807, 2.05) is 60.7 Å². The summed E-state index contributed by atoms with van der Waals surface area (Å²) in [5.41, 5.74) is 3.14. The standard InChI is InChI=1S/C21H15N3O2/c25-19-9-5-4-8-17(19)14-22-18-12-10-16(11-13-18)21-24-23-20(26-21)15-6-2-1-3-7-15/h1-14,25H. The van der Waals surface area contributed by atoms with Crippen molar-refractivity contribution in [2.45, 2.75) is 0 Å². The van der Waals surface area contributed by atoms with Crippen LogP contribution in [0.1, 0.15) is 5.56 Å². The minimum Gasteiger partial charge on any atom is -0.507 e. The fraction of sp³-hybridized carbons (Fsp3) is 0. The van der Waals surface area contributed by atoms with Gasteiger partial charge in [0.2, 0.25) is 11.8 Å². The minimum atomic E-state index is 0.201. The van der Waals surface area contributed by atoms with E-state index in [4.69, 9.17) is 4.42 Å². The van der Waals surface area contributed by atoms with E-state index in [0.29, 0.717) is 17.3 Å². The summed E-state index contributed by atoms with van der Waals surface area (Å²) in [6.07, 6.45) is 1.63. The number of hydrogen-bond donors (Lipinski definition) is 1. The van der Waals surface area contributed by atoms with E-state index >= 15 is 0 Å². The van der Waals surface area contributed by atoms with Crippen molar-refractivity contribution in [3.63, 3.8) is 0 Å². The number of aromatic hydroxyl groups is 1. The second-order valence-corrected chi connectivity index (χ2v) is 5.64. The smallest absolute Gasteiger partial charge is 0.248 e. The van der Waals surface area contributed by atoms with E-state index in [-0.39, 0.29) is 5.75 Å². The van der Waals surface area contributed by atoms with Gasteiger partial charge in [-0.3, -0.25) is 4.99 Å². The summed E-state index contributed by atoms with van der Waals surface area (Å²) >= 11 is 0. The Morgan fingerprint density at radius 1 is 0.731 bits per heavy atom. The lowest BCUT2D eigenvalue weighted by Gasteiger charge is -1.98. The predicted octanol–water partition coefficient (Wildman–Crippen LogP) is 4.86. The molecule has 1 heterocycles. The third-order valence-corrected chi connectivity index (χ3v) is 3.85. The van der Waals surface area contributed by atoms with Crippen molar-refractivity contribution >= 4 is 11.9 Å². The van der Waals surface area contributed by atoms with Crippen molar-refractivity contribution in [2.75, 3.05) is 0 Å². The van der Waals surface area contributed by atoms with E-state index in [2.05, 4.69) is 15.2 Å². The number of rotatable bonds is 4. The third-order valence-electron chi connectivity index (χ3n) is 3.85. The van der Waals surface area contributed by atoms with Gasteiger partial charge in [-0.1, -0.05) is 30.3 Å². The first kappa shape index (κ1) is 15.8. The van der Waals surface area contributed by atoms with Crippen LogP contribution in [0.3, 0.4) is 0 Å². The summed E-state index contributed by atoms with van der Waals surface area (Å²) in [6, 6.07) is 24.2. The molecule has 0 radical (unpaired) electrons. The number of phenolic OH excluding ortho intramolecular Hbond substituents is 1. The van der Waals surface area contributed by atoms with Crippen molar-refractivity contribution in [1.82, 2.24) is 10.2 Å². The maximum atomic E-state index is 9.76. The van der Waals surface area contributed by atoms with Gasteiger partial charge in [0.15, 0.2) is 0 Å². The molecule has 126 valence electrons. The molecule has 0 aliphatic carbocycles. The van der Waals surface area contributed by atoms with Crippen molar-refractivity contribution in [3.8, 4) is 28.7 Å². The molecule has 26 heavy (non-hydrogen) atoms. The normalized spacial score (nSPS) is 11.1. The van der Waals surface area contributed by atoms with Gasteiger partial charge in [0.1, 0.15) is 5.75 Å². The average Bonchev–Trinajstić information content (AvgIpc) is 3.19. The second kappa shape index (κ2) is 7.03. The van der Waals surface area contributed by atoms with Crippen molar-refractivity contribution in [2.24, 2.45) is 4.99 Å². The van der Waals surface area contributed by atoms with Gasteiger partial charge in [0.25, 0.3) is 0 Å². The molecule has 0 amide bonds. The van der Waals surface area contributed by atoms with Crippen LogP contribution in [0.25, 0.3) is 22.9 Å². The molecule has 0 spiro atoms. The first-order chi connectivity index (χ1) is 12.8. The van der Waals surface area contributed by atoms with Gasteiger partial charge >= 0.3 is 0 Å². The van der Waals surface area contributed by atoms with Gasteiger partial charge in [-0.05, 0) is 48.5 Å². The molecule has 0 unspecified atom stereocenters. The number of phenols is 1. The van der Waals surface area contributed by atoms with Gasteiger partial charge < -0.3 is 9.52 Å². The molecule has 0 saturated carbocycles. The molecule has 0 aliphatic rings. The Morgan fingerprint density at radius 3 is 2.04 bits per heavy atom. The Hall–Kier alpha value is -3.73. The number of nitrogens with zero attached hydrogens (tertiary/aromatic N) is 3. The molecule has 0 saturated heterocycles. The molecular formula is C21H15N3O2. The van der Waals surface area contributed by atoms with Crippen LogP contribution < -0.4 is 0 Å². The first-order valence-corrected chi connectivity index (χ1v) is 8.11. The van der Waals surface area contributed by atoms with Gasteiger partial charge in [0.05, 0.1) is 5.69 Å². The quantitative estimate of drug-likeness (QED) is 0.538. The summed E-state index contributed by atoms with van der Waals surface area (Å²) in [7, 11) is 0. The molecule has 5 heteroatoms. The molecule has 0 fully saturated rings. The largest absolute Gasteiger partial charge is 0.507 e. The van der Waals surface area contributed by atoms with Gasteiger partial charge in [-0.15, -0.1) is 10.2 Å². The van der Waals surface area contributed by atoms with E-state index in [1.165, 1.54) is 0 Å². The van der Waals surface area contributed by atoms with Crippen molar-refractivity contribution in [1.29, 1.82) is 0 Å². The molecular weight excluding hydrogens is 326 g/mol. The van der Waals surface area contributed by atoms with Crippen LogP contribution in [-0.2, 0) is 0 Å². The summed E-state index contributed by atoms with van der Waals surface area (Å²) in [5, 5.41) is 18.0. The molecule has 4 aromatic rings. The lowest BCUT2D eigenvalue weighted by molar-refractivity contribution is 0.474. The average molecular weight is 341 g/mol. The SMILES string of the molecule is Oc1ccccc1C=Nc1ccc(-c2nnc(-c3ccccc3)o2)cc1. The molecule has 4 rings (SSSR count). The summed E-state index contributed by atoms with van der Waals surface area (Å²) < 4.78 is 5.75. The molecule has 0 bridgehead atoms. The fourth-order valence-electron chi connectivity index (χ4n) is 2.47. The van der Waals surface area contributed by atoms with Crippen LogP contribution in [0.2, 0.25) is 0 Å². The monoisotopic (exact) mass is 341 g/mol. The second-order valence-electron chi connectivity index (χ2n) is 5.64. The van der Waals surface area contributed by atoms with E-state index < -0.39 is 0 Å². The number of aromatic nitrogens is 2. The van der Waals surface area contributed by atoms with Crippen LogP contribution in [0, 0.1) is 0 Å². The highest BCUT2D eigenvalue weighted by molar-refractivity contribution is 5.85. The van der Waals surface area contributed by atoms with Crippen molar-refractivity contribution < 1.29 is 9.52 Å². The number of hydrogen-bond acceptors (Lipinski definition) is 5. The number of benzene rings is 3. The van der Waals surface area contributed by atoms with Crippen LogP contribution in [0.4, 0.5) is 5.69 Å². The Bertz CT molecular complexity index is 1040. The molecule has 3 aromatic carbocycles. The first-order valence-electron chi connectivity index (χ1n) is 8.11. The van der Waals surface area contributed by atoms with Crippen LogP contribution in [0.5, 0.6) is 5.75 Å². The Morgan fingerprint density at radius 2 is 1.35 bits per heavy atom. The summed E-state index contributed by atoms with van der Waals surface area (Å²) in [6.45, 7) is 0. The van der Waals surface area contributed by atoms with Crippen LogP contribution >= 0.6 is 0 Å². The van der Waals surface area contributed by atoms with Gasteiger partial charge in [-0.25, -0.2) is 0 Å². The molecule has 1 aromatic heterocycles. The van der Waals surface area contributed by atoms with E-state index in [0.717, 1.165) is 16.8 Å². The highest BCUT2D eigenvalue weighted by Gasteiger charge is 2.09. The maximum Gasteiger partial charge on any atom is 0.248 e. The molecule has 0 aliphatic heterocycles. The lowest BCUT2D eigenvalue weighted by Crippen LogP contribution is -1.81. The summed E-state index contributed by atoms with van der Waals surface area (Å²) in [5.74, 6) is 1.15. The van der Waals surface area contributed by atoms with Crippen LogP contribution in [0.15, 0.2) is 88.3 Å². The highest BCUT2D eigenvalue weighted by Crippen LogP contribution is 2.25. The molecule has 0 atom stereocenters. The highest BCUT2D eigenvalue weighted by atomic mass is 16.4. The Kier molecular flexibility index (Phi) is 4.26. The van der Waals surface area contributed by atoms with Gasteiger partial charge in [0, 0.05) is 22.9 Å². The lowest BCUT2D eigenvalue weighted by atomic mass is 10.2. The molecule has 5 nitrogen and oxygen atoms in total. The number of aliphatic imine (C=N–C) groups is 1. The minimum absolute atomic E-state index is 0.201. The van der Waals surface area contributed by atoms with E-state index in [1.54, 1.807) is 24.4 Å². The fourth-order valence-corrected chi connectivity index (χ4v) is 2.47. The molecule has 1 N–H and O–H groups in total. The number of para-hydroxylation sites is 1. The summed E-state index contributed by atoms with van der Waals surface area (Å²) in [4.78, 5) is 4.37. The predicted molar refractivity (Wildman–Crippen MR) is 101 cm³/mol. The third kappa shape index (κ3) is 3.37. The Balaban J connectivity index is 1.53. The van der Waals surface area contributed by atoms with Crippen LogP contribution in [-0.4, -0.2) is 21.5 Å². The zero-order chi connectivity index (χ0) is 17.8. The zero-order valence-corrected chi connectivity index (χ0v) is 13.8. The Labute approximate surface area is 150 Å². The maximum absolute atomic E-state index is 9.76. The zero-order valence-electron chi connectivity index (χ0n) is 13.8. The van der Waals surface area contributed by atoms with Gasteiger partial charge in [-0.2, -0.15) is 0 Å².